The maximum Gasteiger partial charge on any atom is 0.0601 e. The number of terminal acetylenes is 1. The Labute approximate surface area is 105 Å². The van der Waals surface area contributed by atoms with Crippen LogP contribution in [0.15, 0.2) is 24.3 Å². The summed E-state index contributed by atoms with van der Waals surface area (Å²) >= 11 is 0. The lowest BCUT2D eigenvalue weighted by molar-refractivity contribution is 0.316. The summed E-state index contributed by atoms with van der Waals surface area (Å²) in [6.07, 6.45) is 5.35. The Hall–Kier alpha value is -1.30. The third kappa shape index (κ3) is 5.04. The largest absolute Gasteiger partial charge is 0.313 e. The van der Waals surface area contributed by atoms with E-state index in [0.29, 0.717) is 6.54 Å². The van der Waals surface area contributed by atoms with Gasteiger partial charge in [0.25, 0.3) is 0 Å². The predicted octanol–water partition coefficient (Wildman–Crippen LogP) is 2.25. The van der Waals surface area contributed by atoms with Gasteiger partial charge in [0.1, 0.15) is 0 Å². The van der Waals surface area contributed by atoms with Crippen LogP contribution in [-0.4, -0.2) is 24.5 Å². The van der Waals surface area contributed by atoms with Crippen molar-refractivity contribution in [2.45, 2.75) is 26.9 Å². The van der Waals surface area contributed by atoms with Gasteiger partial charge in [-0.15, -0.1) is 6.42 Å². The van der Waals surface area contributed by atoms with Crippen molar-refractivity contribution in [3.8, 4) is 12.3 Å². The summed E-state index contributed by atoms with van der Waals surface area (Å²) in [4.78, 5) is 2.26. The van der Waals surface area contributed by atoms with Crippen molar-refractivity contribution in [1.82, 2.24) is 10.2 Å². The normalized spacial score (nSPS) is 10.5. The first-order chi connectivity index (χ1) is 8.30. The van der Waals surface area contributed by atoms with Gasteiger partial charge in [-0.05, 0) is 24.2 Å². The van der Waals surface area contributed by atoms with Crippen LogP contribution in [0.2, 0.25) is 0 Å². The molecule has 0 bridgehead atoms. The van der Waals surface area contributed by atoms with E-state index in [1.54, 1.807) is 0 Å². The molecule has 0 spiro atoms. The highest BCUT2D eigenvalue weighted by Crippen LogP contribution is 2.08. The fourth-order valence-corrected chi connectivity index (χ4v) is 1.77. The minimum absolute atomic E-state index is 0.716. The fourth-order valence-electron chi connectivity index (χ4n) is 1.77. The minimum Gasteiger partial charge on any atom is -0.313 e. The topological polar surface area (TPSA) is 15.3 Å². The highest BCUT2D eigenvalue weighted by atomic mass is 15.1. The van der Waals surface area contributed by atoms with E-state index in [-0.39, 0.29) is 0 Å². The molecule has 2 heteroatoms. The Morgan fingerprint density at radius 2 is 2.06 bits per heavy atom. The number of hydrogen-bond acceptors (Lipinski definition) is 2. The Bertz CT molecular complexity index is 365. The van der Waals surface area contributed by atoms with Gasteiger partial charge in [0.15, 0.2) is 0 Å². The third-order valence-electron chi connectivity index (χ3n) is 2.74. The number of nitrogens with one attached hydrogen (secondary N) is 1. The van der Waals surface area contributed by atoms with Gasteiger partial charge in [0.2, 0.25) is 0 Å². The molecule has 0 atom stereocenters. The Kier molecular flexibility index (Phi) is 6.39. The molecule has 1 aromatic rings. The maximum atomic E-state index is 5.35. The fraction of sp³-hybridized carbons (Fsp3) is 0.467. The van der Waals surface area contributed by atoms with E-state index in [0.717, 1.165) is 26.2 Å². The molecule has 17 heavy (non-hydrogen) atoms. The quantitative estimate of drug-likeness (QED) is 0.723. The first kappa shape index (κ1) is 13.8. The van der Waals surface area contributed by atoms with Gasteiger partial charge in [-0.1, -0.05) is 44.0 Å². The SMILES string of the molecule is C#CCN(CC)Cc1cccc(CNCC)c1. The zero-order chi connectivity index (χ0) is 12.5. The van der Waals surface area contributed by atoms with Gasteiger partial charge < -0.3 is 5.32 Å². The summed E-state index contributed by atoms with van der Waals surface area (Å²) in [6, 6.07) is 8.69. The molecule has 0 saturated heterocycles. The lowest BCUT2D eigenvalue weighted by Gasteiger charge is -2.17. The Morgan fingerprint density at radius 1 is 1.29 bits per heavy atom. The smallest absolute Gasteiger partial charge is 0.0601 e. The maximum absolute atomic E-state index is 5.35. The monoisotopic (exact) mass is 230 g/mol. The van der Waals surface area contributed by atoms with E-state index in [9.17, 15) is 0 Å². The second-order valence-electron chi connectivity index (χ2n) is 4.11. The van der Waals surface area contributed by atoms with Crippen molar-refractivity contribution >= 4 is 0 Å². The van der Waals surface area contributed by atoms with Crippen LogP contribution in [-0.2, 0) is 13.1 Å². The van der Waals surface area contributed by atoms with Crippen LogP contribution in [0.3, 0.4) is 0 Å². The van der Waals surface area contributed by atoms with E-state index in [1.807, 2.05) is 0 Å². The van der Waals surface area contributed by atoms with Crippen LogP contribution in [0, 0.1) is 12.3 Å². The molecule has 0 aliphatic heterocycles. The Morgan fingerprint density at radius 3 is 2.71 bits per heavy atom. The number of hydrogen-bond donors (Lipinski definition) is 1. The van der Waals surface area contributed by atoms with Crippen LogP contribution in [0.5, 0.6) is 0 Å². The second kappa shape index (κ2) is 7.89. The molecule has 0 aromatic heterocycles. The summed E-state index contributed by atoms with van der Waals surface area (Å²) < 4.78 is 0. The second-order valence-corrected chi connectivity index (χ2v) is 4.11. The van der Waals surface area contributed by atoms with Crippen LogP contribution >= 0.6 is 0 Å². The molecule has 0 unspecified atom stereocenters. The zero-order valence-corrected chi connectivity index (χ0v) is 10.9. The molecule has 1 aromatic carbocycles. The lowest BCUT2D eigenvalue weighted by atomic mass is 10.1. The zero-order valence-electron chi connectivity index (χ0n) is 10.9. The molecular weight excluding hydrogens is 208 g/mol. The van der Waals surface area contributed by atoms with Crippen LogP contribution in [0.25, 0.3) is 0 Å². The van der Waals surface area contributed by atoms with E-state index in [2.05, 4.69) is 54.3 Å². The van der Waals surface area contributed by atoms with Crippen molar-refractivity contribution in [1.29, 1.82) is 0 Å². The molecule has 0 radical (unpaired) electrons. The molecular formula is C15H22N2. The van der Waals surface area contributed by atoms with Crippen LogP contribution in [0.4, 0.5) is 0 Å². The van der Waals surface area contributed by atoms with Gasteiger partial charge in [-0.25, -0.2) is 0 Å². The first-order valence-corrected chi connectivity index (χ1v) is 6.24. The van der Waals surface area contributed by atoms with E-state index >= 15 is 0 Å². The van der Waals surface area contributed by atoms with E-state index in [1.165, 1.54) is 11.1 Å². The average Bonchev–Trinajstić information content (AvgIpc) is 2.36. The van der Waals surface area contributed by atoms with Gasteiger partial charge in [-0.3, -0.25) is 4.90 Å². The van der Waals surface area contributed by atoms with Crippen molar-refractivity contribution < 1.29 is 0 Å². The molecule has 0 aliphatic carbocycles. The number of rotatable bonds is 7. The molecule has 0 amide bonds. The highest BCUT2D eigenvalue weighted by molar-refractivity contribution is 5.23. The van der Waals surface area contributed by atoms with Gasteiger partial charge in [0.05, 0.1) is 6.54 Å². The summed E-state index contributed by atoms with van der Waals surface area (Å²) in [5.41, 5.74) is 2.67. The minimum atomic E-state index is 0.716. The predicted molar refractivity (Wildman–Crippen MR) is 73.6 cm³/mol. The van der Waals surface area contributed by atoms with E-state index in [4.69, 9.17) is 6.42 Å². The molecule has 0 fully saturated rings. The van der Waals surface area contributed by atoms with E-state index < -0.39 is 0 Å². The molecule has 1 N–H and O–H groups in total. The van der Waals surface area contributed by atoms with Crippen molar-refractivity contribution in [3.63, 3.8) is 0 Å². The van der Waals surface area contributed by atoms with Gasteiger partial charge in [0, 0.05) is 13.1 Å². The highest BCUT2D eigenvalue weighted by Gasteiger charge is 2.02. The van der Waals surface area contributed by atoms with Gasteiger partial charge >= 0.3 is 0 Å². The molecule has 92 valence electrons. The standard InChI is InChI=1S/C15H22N2/c1-4-10-17(6-3)13-15-9-7-8-14(11-15)12-16-5-2/h1,7-9,11,16H,5-6,10,12-13H2,2-3H3. The van der Waals surface area contributed by atoms with Crippen LogP contribution < -0.4 is 5.32 Å². The lowest BCUT2D eigenvalue weighted by Crippen LogP contribution is -2.23. The van der Waals surface area contributed by atoms with Crippen molar-refractivity contribution in [2.75, 3.05) is 19.6 Å². The first-order valence-electron chi connectivity index (χ1n) is 6.24. The number of benzene rings is 1. The Balaban J connectivity index is 2.61. The van der Waals surface area contributed by atoms with Gasteiger partial charge in [-0.2, -0.15) is 0 Å². The van der Waals surface area contributed by atoms with Crippen molar-refractivity contribution in [3.05, 3.63) is 35.4 Å². The average molecular weight is 230 g/mol. The molecule has 1 rings (SSSR count). The summed E-state index contributed by atoms with van der Waals surface area (Å²) in [7, 11) is 0. The molecule has 0 saturated carbocycles. The third-order valence-corrected chi connectivity index (χ3v) is 2.74. The summed E-state index contributed by atoms with van der Waals surface area (Å²) in [6.45, 7) is 8.83. The molecule has 0 aliphatic rings. The number of nitrogens with zero attached hydrogens (tertiary/aromatic N) is 1. The van der Waals surface area contributed by atoms with Crippen LogP contribution in [0.1, 0.15) is 25.0 Å². The van der Waals surface area contributed by atoms with Crippen molar-refractivity contribution in [2.24, 2.45) is 0 Å². The molecule has 0 heterocycles. The summed E-state index contributed by atoms with van der Waals surface area (Å²) in [5, 5.41) is 3.34. The molecule has 2 nitrogen and oxygen atoms in total. The summed E-state index contributed by atoms with van der Waals surface area (Å²) in [5.74, 6) is 2.70.